The van der Waals surface area contributed by atoms with Gasteiger partial charge in [-0.2, -0.15) is 13.2 Å². The van der Waals surface area contributed by atoms with Crippen LogP contribution in [0, 0.1) is 5.92 Å². The molecule has 0 spiro atoms. The van der Waals surface area contributed by atoms with Gasteiger partial charge in [0.05, 0.1) is 5.56 Å². The van der Waals surface area contributed by atoms with Gasteiger partial charge in [-0.15, -0.1) is 0 Å². The van der Waals surface area contributed by atoms with E-state index in [4.69, 9.17) is 0 Å². The second-order valence-electron chi connectivity index (χ2n) is 7.48. The molecule has 2 fully saturated rings. The Morgan fingerprint density at radius 2 is 2.07 bits per heavy atom. The van der Waals surface area contributed by atoms with Crippen LogP contribution >= 0.6 is 0 Å². The lowest BCUT2D eigenvalue weighted by atomic mass is 9.88. The van der Waals surface area contributed by atoms with Gasteiger partial charge in [0.15, 0.2) is 0 Å². The molecule has 4 rings (SSSR count). The summed E-state index contributed by atoms with van der Waals surface area (Å²) in [4.78, 5) is 16.9. The van der Waals surface area contributed by atoms with E-state index in [0.717, 1.165) is 42.8 Å². The number of rotatable bonds is 1. The summed E-state index contributed by atoms with van der Waals surface area (Å²) < 4.78 is 38.9. The molecule has 2 atom stereocenters. The second kappa shape index (κ2) is 6.71. The molecule has 0 radical (unpaired) electrons. The zero-order chi connectivity index (χ0) is 20.1. The Hall–Kier alpha value is -2.72. The minimum Gasteiger partial charge on any atom is -0.308 e. The average molecular weight is 387 g/mol. The lowest BCUT2D eigenvalue weighted by Crippen LogP contribution is -2.47. The van der Waals surface area contributed by atoms with E-state index in [1.807, 2.05) is 20.0 Å². The number of urea groups is 1. The molecule has 1 aromatic rings. The number of amides is 2. The molecule has 1 N–H and O–H groups in total. The zero-order valence-corrected chi connectivity index (χ0v) is 15.6. The van der Waals surface area contributed by atoms with E-state index in [2.05, 4.69) is 21.7 Å². The molecule has 0 saturated carbocycles. The first-order valence-corrected chi connectivity index (χ1v) is 9.14. The SMILES string of the molecule is CC1=C=C=C2C(=C1)[C@@H]1CN(C)CC[C@@H]1N2C(=O)Nc1cccc(C(F)(F)F)c1. The van der Waals surface area contributed by atoms with Crippen molar-refractivity contribution in [2.45, 2.75) is 25.6 Å². The van der Waals surface area contributed by atoms with E-state index < -0.39 is 17.8 Å². The highest BCUT2D eigenvalue weighted by Crippen LogP contribution is 2.43. The first-order valence-electron chi connectivity index (χ1n) is 9.14. The summed E-state index contributed by atoms with van der Waals surface area (Å²) in [6.45, 7) is 3.61. The predicted octanol–water partition coefficient (Wildman–Crippen LogP) is 4.40. The van der Waals surface area contributed by atoms with Gasteiger partial charge in [-0.1, -0.05) is 11.8 Å². The first kappa shape index (κ1) is 18.6. The van der Waals surface area contributed by atoms with Gasteiger partial charge in [0, 0.05) is 24.2 Å². The smallest absolute Gasteiger partial charge is 0.308 e. The van der Waals surface area contributed by atoms with Crippen LogP contribution in [0.2, 0.25) is 0 Å². The standard InChI is InChI=1S/C21H20F3N3O/c1-13-6-7-18-16(10-13)17-12-26(2)9-8-19(17)27(18)20(28)25-15-5-3-4-14(11-15)21(22,23)24/h3-5,10-11,17,19H,8-9,12H2,1-2H3,(H,25,28)/t17-,19-/m0/s1. The molecule has 0 aromatic heterocycles. The Labute approximate surface area is 161 Å². The lowest BCUT2D eigenvalue weighted by molar-refractivity contribution is -0.137. The number of benzene rings is 1. The number of carbonyl (C=O) groups is 1. The van der Waals surface area contributed by atoms with E-state index in [-0.39, 0.29) is 17.6 Å². The maximum atomic E-state index is 13.0. The number of hydrogen-bond acceptors (Lipinski definition) is 2. The fraction of sp³-hybridized carbons (Fsp3) is 0.381. The third-order valence-corrected chi connectivity index (χ3v) is 5.43. The summed E-state index contributed by atoms with van der Waals surface area (Å²) in [7, 11) is 2.05. The molecule has 2 amide bonds. The van der Waals surface area contributed by atoms with Gasteiger partial charge in [-0.3, -0.25) is 4.90 Å². The normalized spacial score (nSPS) is 24.2. The molecule has 146 valence electrons. The number of piperidine rings is 1. The Morgan fingerprint density at radius 1 is 1.29 bits per heavy atom. The Morgan fingerprint density at radius 3 is 2.82 bits per heavy atom. The van der Waals surface area contributed by atoms with Crippen molar-refractivity contribution in [3.63, 3.8) is 0 Å². The number of anilines is 1. The molecule has 0 bridgehead atoms. The molecule has 2 aliphatic heterocycles. The quantitative estimate of drug-likeness (QED) is 0.725. The molecule has 28 heavy (non-hydrogen) atoms. The highest BCUT2D eigenvalue weighted by atomic mass is 19.4. The molecule has 7 heteroatoms. The van der Waals surface area contributed by atoms with Gasteiger partial charge in [0.2, 0.25) is 0 Å². The summed E-state index contributed by atoms with van der Waals surface area (Å²) >= 11 is 0. The van der Waals surface area contributed by atoms with Crippen LogP contribution in [0.25, 0.3) is 0 Å². The van der Waals surface area contributed by atoms with Crippen LogP contribution in [0.15, 0.2) is 58.6 Å². The number of hydrogen-bond donors (Lipinski definition) is 1. The molecular weight excluding hydrogens is 367 g/mol. The lowest BCUT2D eigenvalue weighted by Gasteiger charge is -2.35. The summed E-state index contributed by atoms with van der Waals surface area (Å²) in [5, 5.41) is 2.64. The fourth-order valence-corrected chi connectivity index (χ4v) is 4.14. The molecule has 1 aliphatic carbocycles. The highest BCUT2D eigenvalue weighted by Gasteiger charge is 2.47. The number of likely N-dealkylation sites (tertiary alicyclic amines) is 2. The van der Waals surface area contributed by atoms with Crippen LogP contribution < -0.4 is 5.32 Å². The monoisotopic (exact) mass is 387 g/mol. The van der Waals surface area contributed by atoms with Crippen molar-refractivity contribution in [3.05, 3.63) is 64.2 Å². The van der Waals surface area contributed by atoms with Crippen molar-refractivity contribution in [2.75, 3.05) is 25.5 Å². The van der Waals surface area contributed by atoms with Crippen LogP contribution in [0.5, 0.6) is 0 Å². The van der Waals surface area contributed by atoms with Crippen LogP contribution in [-0.4, -0.2) is 42.0 Å². The zero-order valence-electron chi connectivity index (χ0n) is 15.6. The van der Waals surface area contributed by atoms with Gasteiger partial charge in [-0.25, -0.2) is 4.79 Å². The number of alkyl halides is 3. The molecular formula is C21H20F3N3O. The van der Waals surface area contributed by atoms with Crippen LogP contribution in [0.1, 0.15) is 18.9 Å². The van der Waals surface area contributed by atoms with Crippen LogP contribution in [-0.2, 0) is 6.18 Å². The Balaban J connectivity index is 1.65. The van der Waals surface area contributed by atoms with E-state index in [0.29, 0.717) is 5.70 Å². The fourth-order valence-electron chi connectivity index (χ4n) is 4.14. The third kappa shape index (κ3) is 3.29. The summed E-state index contributed by atoms with van der Waals surface area (Å²) in [5.74, 6) is 0.158. The molecule has 0 unspecified atom stereocenters. The summed E-state index contributed by atoms with van der Waals surface area (Å²) in [6.07, 6.45) is -1.64. The van der Waals surface area contributed by atoms with Crippen LogP contribution in [0.3, 0.4) is 0 Å². The predicted molar refractivity (Wildman–Crippen MR) is 99.5 cm³/mol. The van der Waals surface area contributed by atoms with Gasteiger partial charge in [-0.05, 0) is 68.1 Å². The van der Waals surface area contributed by atoms with Gasteiger partial charge < -0.3 is 10.2 Å². The first-order chi connectivity index (χ1) is 13.2. The minimum absolute atomic E-state index is 0.0385. The Kier molecular flexibility index (Phi) is 4.47. The van der Waals surface area contributed by atoms with E-state index in [9.17, 15) is 18.0 Å². The van der Waals surface area contributed by atoms with Gasteiger partial charge in [0.25, 0.3) is 0 Å². The van der Waals surface area contributed by atoms with E-state index >= 15 is 0 Å². The van der Waals surface area contributed by atoms with Crippen molar-refractivity contribution in [1.29, 1.82) is 0 Å². The highest BCUT2D eigenvalue weighted by molar-refractivity contribution is 5.92. The largest absolute Gasteiger partial charge is 0.416 e. The van der Waals surface area contributed by atoms with Crippen molar-refractivity contribution in [1.82, 2.24) is 9.80 Å². The average Bonchev–Trinajstić information content (AvgIpc) is 2.94. The Bertz CT molecular complexity index is 965. The molecule has 3 aliphatic rings. The van der Waals surface area contributed by atoms with Crippen molar-refractivity contribution in [3.8, 4) is 0 Å². The minimum atomic E-state index is -4.46. The maximum Gasteiger partial charge on any atom is 0.416 e. The van der Waals surface area contributed by atoms with Crippen LogP contribution in [0.4, 0.5) is 23.7 Å². The molecule has 4 nitrogen and oxygen atoms in total. The third-order valence-electron chi connectivity index (χ3n) is 5.43. The number of fused-ring (bicyclic) bond motifs is 3. The summed E-state index contributed by atoms with van der Waals surface area (Å²) in [6, 6.07) is 4.21. The van der Waals surface area contributed by atoms with Crippen molar-refractivity contribution in [2.24, 2.45) is 5.92 Å². The van der Waals surface area contributed by atoms with Crippen molar-refractivity contribution >= 4 is 11.7 Å². The molecule has 2 heterocycles. The number of nitrogens with zero attached hydrogens (tertiary/aromatic N) is 2. The van der Waals surface area contributed by atoms with Gasteiger partial charge >= 0.3 is 12.2 Å². The topological polar surface area (TPSA) is 35.6 Å². The second-order valence-corrected chi connectivity index (χ2v) is 7.48. The van der Waals surface area contributed by atoms with E-state index in [1.165, 1.54) is 12.1 Å². The molecule has 2 saturated heterocycles. The van der Waals surface area contributed by atoms with E-state index in [1.54, 1.807) is 4.90 Å². The maximum absolute atomic E-state index is 13.0. The molecule has 1 aromatic carbocycles. The van der Waals surface area contributed by atoms with Crippen molar-refractivity contribution < 1.29 is 18.0 Å². The number of allylic oxidation sites excluding steroid dienone is 3. The number of carbonyl (C=O) groups excluding carboxylic acids is 1. The number of nitrogens with one attached hydrogen (secondary N) is 1. The van der Waals surface area contributed by atoms with Gasteiger partial charge in [0.1, 0.15) is 5.70 Å². The number of halogens is 3. The summed E-state index contributed by atoms with van der Waals surface area (Å²) in [5.41, 5.74) is 8.10.